The van der Waals surface area contributed by atoms with Crippen molar-refractivity contribution in [1.29, 1.82) is 0 Å². The van der Waals surface area contributed by atoms with E-state index in [2.05, 4.69) is 52.8 Å². The highest BCUT2D eigenvalue weighted by Gasteiger charge is 2.23. The molecule has 1 aromatic carbocycles. The zero-order valence-corrected chi connectivity index (χ0v) is 13.8. The summed E-state index contributed by atoms with van der Waals surface area (Å²) < 4.78 is 28.5. The Bertz CT molecular complexity index is 676. The van der Waals surface area contributed by atoms with Gasteiger partial charge in [0.15, 0.2) is 5.82 Å². The van der Waals surface area contributed by atoms with Gasteiger partial charge in [0.2, 0.25) is 5.78 Å². The molecule has 2 nitrogen and oxygen atoms in total. The van der Waals surface area contributed by atoms with Crippen molar-refractivity contribution in [3.8, 4) is 0 Å². The van der Waals surface area contributed by atoms with Gasteiger partial charge in [0, 0.05) is 15.1 Å². The van der Waals surface area contributed by atoms with Crippen molar-refractivity contribution >= 4 is 53.6 Å². The van der Waals surface area contributed by atoms with Gasteiger partial charge in [0.1, 0.15) is 11.5 Å². The van der Waals surface area contributed by atoms with Gasteiger partial charge in [0.05, 0.1) is 10.0 Å². The van der Waals surface area contributed by atoms with Gasteiger partial charge in [-0.2, -0.15) is 0 Å². The number of carbonyl (C=O) groups excluding carboxylic acids is 1. The van der Waals surface area contributed by atoms with Crippen LogP contribution in [0.5, 0.6) is 0 Å². The van der Waals surface area contributed by atoms with Crippen LogP contribution in [0.1, 0.15) is 16.1 Å². The Morgan fingerprint density at radius 2 is 1.79 bits per heavy atom. The summed E-state index contributed by atoms with van der Waals surface area (Å²) in [4.78, 5) is 16.0. The summed E-state index contributed by atoms with van der Waals surface area (Å²) in [5, 5.41) is 0. The van der Waals surface area contributed by atoms with E-state index in [1.807, 2.05) is 0 Å². The van der Waals surface area contributed by atoms with Gasteiger partial charge in [-0.15, -0.1) is 0 Å². The van der Waals surface area contributed by atoms with E-state index < -0.39 is 23.0 Å². The largest absolute Gasteiger partial charge is 0.287 e. The third-order valence-corrected chi connectivity index (χ3v) is 3.94. The molecule has 0 atom stereocenters. The molecule has 0 amide bonds. The Morgan fingerprint density at radius 3 is 2.42 bits per heavy atom. The third-order valence-electron chi connectivity index (χ3n) is 2.29. The molecule has 0 saturated carbocycles. The number of aromatic nitrogens is 1. The second kappa shape index (κ2) is 5.76. The molecule has 2 rings (SSSR count). The lowest BCUT2D eigenvalue weighted by Crippen LogP contribution is -2.10. The monoisotopic (exact) mass is 453 g/mol. The molecule has 98 valence electrons. The first kappa shape index (κ1) is 14.7. The second-order valence-corrected chi connectivity index (χ2v) is 6.16. The van der Waals surface area contributed by atoms with Gasteiger partial charge in [-0.25, -0.2) is 8.78 Å². The summed E-state index contributed by atoms with van der Waals surface area (Å²) in [7, 11) is 0. The van der Waals surface area contributed by atoms with Gasteiger partial charge in [-0.05, 0) is 66.0 Å². The topological polar surface area (TPSA) is 30.0 Å². The van der Waals surface area contributed by atoms with E-state index in [0.29, 0.717) is 8.95 Å². The molecule has 0 N–H and O–H groups in total. The number of halogens is 5. The molecule has 2 aromatic rings. The number of benzene rings is 1. The zero-order chi connectivity index (χ0) is 14.2. The van der Waals surface area contributed by atoms with Crippen LogP contribution in [-0.4, -0.2) is 10.8 Å². The lowest BCUT2D eigenvalue weighted by molar-refractivity contribution is 0.102. The molecule has 0 aliphatic heterocycles. The minimum absolute atomic E-state index is 0.0190. The Kier molecular flexibility index (Phi) is 4.47. The lowest BCUT2D eigenvalue weighted by atomic mass is 10.1. The Balaban J connectivity index is 2.59. The third kappa shape index (κ3) is 2.93. The molecule has 0 saturated heterocycles. The fourth-order valence-corrected chi connectivity index (χ4v) is 2.93. The van der Waals surface area contributed by atoms with Crippen LogP contribution in [-0.2, 0) is 0 Å². The molecule has 1 heterocycles. The Morgan fingerprint density at radius 1 is 1.11 bits per heavy atom. The van der Waals surface area contributed by atoms with Crippen LogP contribution >= 0.6 is 47.8 Å². The van der Waals surface area contributed by atoms with Crippen LogP contribution < -0.4 is 0 Å². The highest BCUT2D eigenvalue weighted by Crippen LogP contribution is 2.27. The van der Waals surface area contributed by atoms with E-state index in [1.54, 1.807) is 6.07 Å². The van der Waals surface area contributed by atoms with Crippen molar-refractivity contribution in [3.05, 3.63) is 60.7 Å². The first-order valence-corrected chi connectivity index (χ1v) is 7.29. The van der Waals surface area contributed by atoms with Crippen molar-refractivity contribution in [2.24, 2.45) is 0 Å². The summed E-state index contributed by atoms with van der Waals surface area (Å²) in [5.74, 6) is -2.69. The molecule has 0 spiro atoms. The number of nitrogens with zero attached hydrogens (tertiary/aromatic N) is 1. The Labute approximate surface area is 132 Å². The summed E-state index contributed by atoms with van der Waals surface area (Å²) in [6, 6.07) is 3.80. The zero-order valence-electron chi connectivity index (χ0n) is 9.05. The van der Waals surface area contributed by atoms with Gasteiger partial charge >= 0.3 is 0 Å². The summed E-state index contributed by atoms with van der Waals surface area (Å²) in [5.41, 5.74) is -0.691. The number of carbonyl (C=O) groups is 1. The molecule has 19 heavy (non-hydrogen) atoms. The maximum atomic E-state index is 13.8. The number of hydrogen-bond acceptors (Lipinski definition) is 2. The van der Waals surface area contributed by atoms with E-state index in [0.717, 1.165) is 6.07 Å². The van der Waals surface area contributed by atoms with Crippen LogP contribution in [0.25, 0.3) is 0 Å². The molecule has 0 aliphatic carbocycles. The summed E-state index contributed by atoms with van der Waals surface area (Å²) >= 11 is 9.24. The predicted octanol–water partition coefficient (Wildman–Crippen LogP) is 4.88. The first-order valence-electron chi connectivity index (χ1n) is 4.91. The fraction of sp³-hybridized carbons (Fsp3) is 0. The fourth-order valence-electron chi connectivity index (χ4n) is 1.44. The van der Waals surface area contributed by atoms with Gasteiger partial charge in [0.25, 0.3) is 0 Å². The lowest BCUT2D eigenvalue weighted by Gasteiger charge is -2.07. The van der Waals surface area contributed by atoms with Crippen molar-refractivity contribution < 1.29 is 13.6 Å². The van der Waals surface area contributed by atoms with Crippen LogP contribution in [0.2, 0.25) is 0 Å². The molecule has 1 aromatic heterocycles. The highest BCUT2D eigenvalue weighted by molar-refractivity contribution is 9.11. The Hall–Kier alpha value is -0.660. The first-order chi connectivity index (χ1) is 8.91. The van der Waals surface area contributed by atoms with Crippen LogP contribution in [0.3, 0.4) is 0 Å². The number of ketones is 1. The second-order valence-electron chi connectivity index (χ2n) is 3.53. The number of rotatable bonds is 2. The molecule has 0 aliphatic rings. The minimum atomic E-state index is -0.943. The molecule has 0 radical (unpaired) electrons. The van der Waals surface area contributed by atoms with Gasteiger partial charge in [-0.1, -0.05) is 0 Å². The van der Waals surface area contributed by atoms with Gasteiger partial charge in [-0.3, -0.25) is 9.78 Å². The molecular formula is C12H4Br3F2NO. The minimum Gasteiger partial charge on any atom is -0.287 e. The summed E-state index contributed by atoms with van der Waals surface area (Å²) in [6.07, 6.45) is 1.38. The average Bonchev–Trinajstić information content (AvgIpc) is 2.34. The molecule has 0 unspecified atom stereocenters. The number of pyridine rings is 1. The smallest absolute Gasteiger partial charge is 0.218 e. The van der Waals surface area contributed by atoms with Crippen molar-refractivity contribution in [1.82, 2.24) is 4.98 Å². The van der Waals surface area contributed by atoms with Crippen molar-refractivity contribution in [2.45, 2.75) is 0 Å². The van der Waals surface area contributed by atoms with E-state index in [1.165, 1.54) is 12.3 Å². The molecular weight excluding hydrogens is 452 g/mol. The SMILES string of the molecule is O=C(c1ncc(Br)cc1Br)c1c(F)ccc(Br)c1F. The van der Waals surface area contributed by atoms with Gasteiger partial charge < -0.3 is 0 Å². The van der Waals surface area contributed by atoms with E-state index in [4.69, 9.17) is 0 Å². The maximum absolute atomic E-state index is 13.8. The predicted molar refractivity (Wildman–Crippen MR) is 77.1 cm³/mol. The van der Waals surface area contributed by atoms with E-state index in [-0.39, 0.29) is 10.2 Å². The molecule has 0 fully saturated rings. The normalized spacial score (nSPS) is 10.6. The van der Waals surface area contributed by atoms with E-state index in [9.17, 15) is 13.6 Å². The van der Waals surface area contributed by atoms with Crippen LogP contribution in [0, 0.1) is 11.6 Å². The molecule has 0 bridgehead atoms. The average molecular weight is 456 g/mol. The summed E-state index contributed by atoms with van der Waals surface area (Å²) in [6.45, 7) is 0. The maximum Gasteiger partial charge on any atom is 0.218 e. The highest BCUT2D eigenvalue weighted by atomic mass is 79.9. The van der Waals surface area contributed by atoms with Crippen LogP contribution in [0.15, 0.2) is 37.8 Å². The van der Waals surface area contributed by atoms with E-state index >= 15 is 0 Å². The quantitative estimate of drug-likeness (QED) is 0.477. The number of hydrogen-bond donors (Lipinski definition) is 0. The van der Waals surface area contributed by atoms with Crippen LogP contribution in [0.4, 0.5) is 8.78 Å². The molecule has 7 heteroatoms. The van der Waals surface area contributed by atoms with Crippen molar-refractivity contribution in [3.63, 3.8) is 0 Å². The van der Waals surface area contributed by atoms with Crippen molar-refractivity contribution in [2.75, 3.05) is 0 Å². The standard InChI is InChI=1S/C12H4Br3F2NO/c13-5-3-7(15)11(18-4-5)12(19)9-8(16)2-1-6(14)10(9)17/h1-4H.